The number of aryl methyl sites for hydroxylation is 1. The van der Waals surface area contributed by atoms with Crippen molar-refractivity contribution in [2.24, 2.45) is 7.05 Å². The zero-order valence-electron chi connectivity index (χ0n) is 8.34. The monoisotopic (exact) mass is 317 g/mol. The highest BCUT2D eigenvalue weighted by molar-refractivity contribution is 14.1. The number of carbonyl (C=O) groups excluding carboxylic acids is 1. The van der Waals surface area contributed by atoms with Gasteiger partial charge in [0.05, 0.1) is 9.09 Å². The Balaban J connectivity index is 2.92. The number of ketones is 1. The third kappa shape index (κ3) is 1.56. The van der Waals surface area contributed by atoms with Crippen molar-refractivity contribution in [2.45, 2.75) is 6.92 Å². The molecule has 0 aliphatic rings. The summed E-state index contributed by atoms with van der Waals surface area (Å²) < 4.78 is 15.7. The molecule has 4 heteroatoms. The van der Waals surface area contributed by atoms with Crippen molar-refractivity contribution >= 4 is 39.3 Å². The molecule has 2 rings (SSSR count). The summed E-state index contributed by atoms with van der Waals surface area (Å²) in [6.45, 7) is 1.52. The Morgan fingerprint density at radius 3 is 2.73 bits per heavy atom. The second-order valence-electron chi connectivity index (χ2n) is 3.47. The third-order valence-corrected chi connectivity index (χ3v) is 3.44. The van der Waals surface area contributed by atoms with E-state index in [0.29, 0.717) is 9.13 Å². The van der Waals surface area contributed by atoms with E-state index < -0.39 is 0 Å². The van der Waals surface area contributed by atoms with Crippen molar-refractivity contribution in [3.63, 3.8) is 0 Å². The fourth-order valence-corrected chi connectivity index (χ4v) is 2.56. The van der Waals surface area contributed by atoms with Crippen LogP contribution >= 0.6 is 22.6 Å². The molecule has 0 bridgehead atoms. The fourth-order valence-electron chi connectivity index (χ4n) is 1.71. The zero-order valence-corrected chi connectivity index (χ0v) is 10.5. The normalized spacial score (nSPS) is 10.9. The molecule has 0 radical (unpaired) electrons. The molecule has 0 fully saturated rings. The van der Waals surface area contributed by atoms with Crippen molar-refractivity contribution < 1.29 is 9.18 Å². The predicted molar refractivity (Wildman–Crippen MR) is 65.6 cm³/mol. The molecule has 2 aromatic rings. The molecule has 1 aromatic heterocycles. The van der Waals surface area contributed by atoms with Crippen LogP contribution in [0.5, 0.6) is 0 Å². The molecule has 78 valence electrons. The third-order valence-electron chi connectivity index (χ3n) is 2.41. The summed E-state index contributed by atoms with van der Waals surface area (Å²) in [5.74, 6) is -0.248. The molecule has 1 aromatic carbocycles. The van der Waals surface area contributed by atoms with Crippen molar-refractivity contribution in [1.82, 2.24) is 4.57 Å². The Hall–Kier alpha value is -0.910. The Labute approximate surface area is 100 Å². The number of rotatable bonds is 1. The van der Waals surface area contributed by atoms with Crippen LogP contribution in [0.15, 0.2) is 18.3 Å². The average molecular weight is 317 g/mol. The summed E-state index contributed by atoms with van der Waals surface area (Å²) in [5.41, 5.74) is 1.42. The first kappa shape index (κ1) is 10.6. The second-order valence-corrected chi connectivity index (χ2v) is 4.55. The smallest absolute Gasteiger partial charge is 0.161 e. The minimum absolute atomic E-state index is 0.00279. The molecule has 0 N–H and O–H groups in total. The number of benzene rings is 1. The van der Waals surface area contributed by atoms with E-state index in [-0.39, 0.29) is 11.6 Å². The van der Waals surface area contributed by atoms with Crippen LogP contribution in [-0.2, 0) is 7.05 Å². The minimum atomic E-state index is -0.251. The van der Waals surface area contributed by atoms with Gasteiger partial charge in [-0.05, 0) is 41.6 Å². The van der Waals surface area contributed by atoms with Crippen molar-refractivity contribution in [1.29, 1.82) is 0 Å². The van der Waals surface area contributed by atoms with Crippen molar-refractivity contribution in [2.75, 3.05) is 0 Å². The molecule has 0 unspecified atom stereocenters. The van der Waals surface area contributed by atoms with Gasteiger partial charge in [-0.25, -0.2) is 4.39 Å². The SMILES string of the molecule is CC(=O)c1cn(C)c2c(I)c(F)ccc12. The van der Waals surface area contributed by atoms with E-state index in [1.807, 2.05) is 29.6 Å². The maximum atomic E-state index is 13.3. The first-order valence-electron chi connectivity index (χ1n) is 4.46. The predicted octanol–water partition coefficient (Wildman–Crippen LogP) is 3.12. The van der Waals surface area contributed by atoms with E-state index >= 15 is 0 Å². The number of fused-ring (bicyclic) bond motifs is 1. The molecule has 1 heterocycles. The van der Waals surface area contributed by atoms with Crippen LogP contribution in [0.1, 0.15) is 17.3 Å². The zero-order chi connectivity index (χ0) is 11.2. The molecule has 0 aliphatic heterocycles. The Kier molecular flexibility index (Phi) is 2.54. The summed E-state index contributed by atoms with van der Waals surface area (Å²) in [6.07, 6.45) is 1.74. The maximum absolute atomic E-state index is 13.3. The van der Waals surface area contributed by atoms with E-state index in [0.717, 1.165) is 10.9 Å². The van der Waals surface area contributed by atoms with Crippen LogP contribution in [0.4, 0.5) is 4.39 Å². The van der Waals surface area contributed by atoms with E-state index in [2.05, 4.69) is 0 Å². The number of carbonyl (C=O) groups is 1. The lowest BCUT2D eigenvalue weighted by molar-refractivity contribution is 0.101. The van der Waals surface area contributed by atoms with Gasteiger partial charge in [0.25, 0.3) is 0 Å². The van der Waals surface area contributed by atoms with E-state index in [9.17, 15) is 9.18 Å². The van der Waals surface area contributed by atoms with Crippen molar-refractivity contribution in [3.8, 4) is 0 Å². The van der Waals surface area contributed by atoms with Gasteiger partial charge in [-0.2, -0.15) is 0 Å². The first-order chi connectivity index (χ1) is 7.02. The lowest BCUT2D eigenvalue weighted by Gasteiger charge is -2.00. The second kappa shape index (κ2) is 3.59. The molecule has 0 atom stereocenters. The molecule has 2 nitrogen and oxygen atoms in total. The van der Waals surface area contributed by atoms with Crippen LogP contribution in [0.25, 0.3) is 10.9 Å². The molecule has 0 saturated heterocycles. The molecule has 0 spiro atoms. The Bertz CT molecular complexity index is 559. The first-order valence-corrected chi connectivity index (χ1v) is 5.54. The standard InChI is InChI=1S/C11H9FINO/c1-6(15)8-5-14(2)11-7(8)3-4-9(12)10(11)13/h3-5H,1-2H3. The van der Waals surface area contributed by atoms with Gasteiger partial charge >= 0.3 is 0 Å². The van der Waals surface area contributed by atoms with Gasteiger partial charge in [-0.1, -0.05) is 0 Å². The Morgan fingerprint density at radius 1 is 1.47 bits per heavy atom. The number of hydrogen-bond acceptors (Lipinski definition) is 1. The molecule has 0 amide bonds. The largest absolute Gasteiger partial charge is 0.349 e. The van der Waals surface area contributed by atoms with Crippen LogP contribution in [0, 0.1) is 9.39 Å². The maximum Gasteiger partial charge on any atom is 0.161 e. The van der Waals surface area contributed by atoms with Gasteiger partial charge in [0.15, 0.2) is 5.78 Å². The Morgan fingerprint density at radius 2 is 2.13 bits per heavy atom. The van der Waals surface area contributed by atoms with Crippen LogP contribution in [0.2, 0.25) is 0 Å². The van der Waals surface area contributed by atoms with E-state index in [1.165, 1.54) is 13.0 Å². The van der Waals surface area contributed by atoms with Crippen LogP contribution < -0.4 is 0 Å². The van der Waals surface area contributed by atoms with Gasteiger partial charge in [-0.3, -0.25) is 4.79 Å². The molecular formula is C11H9FINO. The quantitative estimate of drug-likeness (QED) is 0.585. The van der Waals surface area contributed by atoms with Gasteiger partial charge in [-0.15, -0.1) is 0 Å². The summed E-state index contributed by atoms with van der Waals surface area (Å²) in [4.78, 5) is 11.4. The fraction of sp³-hybridized carbons (Fsp3) is 0.182. The topological polar surface area (TPSA) is 22.0 Å². The minimum Gasteiger partial charge on any atom is -0.349 e. The van der Waals surface area contributed by atoms with Crippen molar-refractivity contribution in [3.05, 3.63) is 33.3 Å². The highest BCUT2D eigenvalue weighted by Gasteiger charge is 2.14. The summed E-state index contributed by atoms with van der Waals surface area (Å²) in [7, 11) is 1.82. The van der Waals surface area contributed by atoms with Crippen LogP contribution in [-0.4, -0.2) is 10.4 Å². The average Bonchev–Trinajstić information content (AvgIpc) is 2.50. The summed E-state index contributed by atoms with van der Waals surface area (Å²) in [6, 6.07) is 3.06. The molecule has 0 aliphatic carbocycles. The molecule has 15 heavy (non-hydrogen) atoms. The summed E-state index contributed by atoms with van der Waals surface area (Å²) in [5, 5.41) is 0.816. The number of halogens is 2. The van der Waals surface area contributed by atoms with Gasteiger partial charge in [0.2, 0.25) is 0 Å². The molecular weight excluding hydrogens is 308 g/mol. The number of Topliss-reactive ketones (excluding diaryl/α,β-unsaturated/α-hetero) is 1. The van der Waals surface area contributed by atoms with E-state index in [4.69, 9.17) is 0 Å². The van der Waals surface area contributed by atoms with Gasteiger partial charge in [0.1, 0.15) is 5.82 Å². The van der Waals surface area contributed by atoms with Gasteiger partial charge in [0, 0.05) is 24.2 Å². The van der Waals surface area contributed by atoms with Gasteiger partial charge < -0.3 is 4.57 Å². The summed E-state index contributed by atoms with van der Waals surface area (Å²) >= 11 is 1.96. The highest BCUT2D eigenvalue weighted by atomic mass is 127. The highest BCUT2D eigenvalue weighted by Crippen LogP contribution is 2.27. The van der Waals surface area contributed by atoms with Crippen LogP contribution in [0.3, 0.4) is 0 Å². The van der Waals surface area contributed by atoms with E-state index in [1.54, 1.807) is 16.8 Å². The lowest BCUT2D eigenvalue weighted by Crippen LogP contribution is -1.90. The number of nitrogens with zero attached hydrogens (tertiary/aromatic N) is 1. The molecule has 0 saturated carbocycles. The lowest BCUT2D eigenvalue weighted by atomic mass is 10.1. The number of hydrogen-bond donors (Lipinski definition) is 0. The number of aromatic nitrogens is 1.